The predicted molar refractivity (Wildman–Crippen MR) is 42.7 cm³/mol. The topological polar surface area (TPSA) is 49.3 Å². The van der Waals surface area contributed by atoms with Gasteiger partial charge in [-0.3, -0.25) is 0 Å². The first-order chi connectivity index (χ1) is 4.66. The SMILES string of the molecule is CNC=CC(C)=CS(=O)O. The molecule has 4 heteroatoms. The predicted octanol–water partition coefficient (Wildman–Crippen LogP) is 0.845. The Bertz CT molecular complexity index is 175. The van der Waals surface area contributed by atoms with Crippen LogP contribution in [0.25, 0.3) is 0 Å². The van der Waals surface area contributed by atoms with E-state index in [1.165, 1.54) is 5.41 Å². The smallest absolute Gasteiger partial charge is 0.179 e. The van der Waals surface area contributed by atoms with Gasteiger partial charge >= 0.3 is 0 Å². The highest BCUT2D eigenvalue weighted by Crippen LogP contribution is 1.94. The van der Waals surface area contributed by atoms with E-state index in [9.17, 15) is 4.21 Å². The zero-order valence-electron chi connectivity index (χ0n) is 6.00. The van der Waals surface area contributed by atoms with E-state index in [0.29, 0.717) is 0 Å². The van der Waals surface area contributed by atoms with Gasteiger partial charge in [0.05, 0.1) is 0 Å². The lowest BCUT2D eigenvalue weighted by Crippen LogP contribution is -1.91. The molecule has 10 heavy (non-hydrogen) atoms. The van der Waals surface area contributed by atoms with E-state index >= 15 is 0 Å². The second kappa shape index (κ2) is 5.20. The molecule has 58 valence electrons. The Morgan fingerprint density at radius 3 is 2.70 bits per heavy atom. The van der Waals surface area contributed by atoms with Gasteiger partial charge in [-0.2, -0.15) is 0 Å². The van der Waals surface area contributed by atoms with Crippen molar-refractivity contribution in [1.29, 1.82) is 0 Å². The van der Waals surface area contributed by atoms with Crippen LogP contribution in [-0.2, 0) is 11.1 Å². The summed E-state index contributed by atoms with van der Waals surface area (Å²) >= 11 is -1.84. The van der Waals surface area contributed by atoms with Crippen LogP contribution in [0.1, 0.15) is 6.92 Å². The highest BCUT2D eigenvalue weighted by molar-refractivity contribution is 7.82. The van der Waals surface area contributed by atoms with Crippen molar-refractivity contribution in [1.82, 2.24) is 5.32 Å². The molecule has 0 radical (unpaired) electrons. The van der Waals surface area contributed by atoms with E-state index in [1.807, 2.05) is 0 Å². The second-order valence-corrected chi connectivity index (χ2v) is 2.55. The summed E-state index contributed by atoms with van der Waals surface area (Å²) in [5.74, 6) is 0. The maximum atomic E-state index is 10.2. The van der Waals surface area contributed by atoms with E-state index in [-0.39, 0.29) is 0 Å². The van der Waals surface area contributed by atoms with Gasteiger partial charge in [0.15, 0.2) is 11.1 Å². The summed E-state index contributed by atoms with van der Waals surface area (Å²) in [6, 6.07) is 0. The molecule has 1 unspecified atom stereocenters. The molecule has 0 amide bonds. The van der Waals surface area contributed by atoms with Crippen molar-refractivity contribution in [2.75, 3.05) is 7.05 Å². The molecule has 3 nitrogen and oxygen atoms in total. The molecule has 0 aliphatic heterocycles. The summed E-state index contributed by atoms with van der Waals surface area (Å²) in [6.45, 7) is 1.75. The van der Waals surface area contributed by atoms with Gasteiger partial charge in [0.2, 0.25) is 0 Å². The third kappa shape index (κ3) is 5.53. The van der Waals surface area contributed by atoms with Crippen LogP contribution in [-0.4, -0.2) is 15.8 Å². The number of hydrogen-bond acceptors (Lipinski definition) is 2. The zero-order valence-corrected chi connectivity index (χ0v) is 6.81. The molecule has 0 aromatic rings. The maximum Gasteiger partial charge on any atom is 0.179 e. The summed E-state index contributed by atoms with van der Waals surface area (Å²) < 4.78 is 18.5. The molecule has 0 spiro atoms. The van der Waals surface area contributed by atoms with Crippen molar-refractivity contribution in [3.05, 3.63) is 23.3 Å². The third-order valence-electron chi connectivity index (χ3n) is 0.800. The number of allylic oxidation sites excluding steroid dienone is 2. The molecule has 0 aliphatic rings. The number of rotatable bonds is 3. The van der Waals surface area contributed by atoms with Crippen molar-refractivity contribution in [2.45, 2.75) is 6.92 Å². The Balaban J connectivity index is 3.94. The van der Waals surface area contributed by atoms with Crippen molar-refractivity contribution in [2.24, 2.45) is 0 Å². The fourth-order valence-corrected chi connectivity index (χ4v) is 0.810. The highest BCUT2D eigenvalue weighted by Gasteiger charge is 1.84. The summed E-state index contributed by atoms with van der Waals surface area (Å²) in [4.78, 5) is 0. The average Bonchev–Trinajstić information content (AvgIpc) is 1.82. The Labute approximate surface area is 63.1 Å². The van der Waals surface area contributed by atoms with E-state index in [1.54, 1.807) is 26.2 Å². The molecule has 1 atom stereocenters. The Kier molecular flexibility index (Phi) is 4.88. The van der Waals surface area contributed by atoms with E-state index in [0.717, 1.165) is 5.57 Å². The second-order valence-electron chi connectivity index (χ2n) is 1.76. The fraction of sp³-hybridized carbons (Fsp3) is 0.333. The lowest BCUT2D eigenvalue weighted by molar-refractivity contribution is 0.574. The van der Waals surface area contributed by atoms with Crippen molar-refractivity contribution < 1.29 is 8.76 Å². The van der Waals surface area contributed by atoms with Crippen LogP contribution in [0.3, 0.4) is 0 Å². The summed E-state index contributed by atoms with van der Waals surface area (Å²) in [6.07, 6.45) is 3.41. The van der Waals surface area contributed by atoms with Crippen LogP contribution >= 0.6 is 0 Å². The van der Waals surface area contributed by atoms with Gasteiger partial charge in [-0.15, -0.1) is 0 Å². The molecule has 0 saturated carbocycles. The minimum atomic E-state index is -1.84. The summed E-state index contributed by atoms with van der Waals surface area (Å²) in [5, 5.41) is 4.03. The van der Waals surface area contributed by atoms with Crippen molar-refractivity contribution >= 4 is 11.1 Å². The van der Waals surface area contributed by atoms with Gasteiger partial charge in [0, 0.05) is 12.5 Å². The minimum Gasteiger partial charge on any atom is -0.394 e. The van der Waals surface area contributed by atoms with Gasteiger partial charge < -0.3 is 9.87 Å². The van der Waals surface area contributed by atoms with Crippen LogP contribution in [0.5, 0.6) is 0 Å². The van der Waals surface area contributed by atoms with Crippen molar-refractivity contribution in [3.63, 3.8) is 0 Å². The van der Waals surface area contributed by atoms with Gasteiger partial charge in [-0.1, -0.05) is 0 Å². The quantitative estimate of drug-likeness (QED) is 0.476. The standard InChI is InChI=1S/C6H11NO2S/c1-6(3-4-7-2)5-10(8)9/h3-5,7H,1-2H3,(H,8,9). The first-order valence-electron chi connectivity index (χ1n) is 2.78. The normalized spacial score (nSPS) is 15.7. The fourth-order valence-electron chi connectivity index (χ4n) is 0.413. The average molecular weight is 161 g/mol. The summed E-state index contributed by atoms with van der Waals surface area (Å²) in [7, 11) is 1.76. The molecule has 2 N–H and O–H groups in total. The Morgan fingerprint density at radius 1 is 1.70 bits per heavy atom. The maximum absolute atomic E-state index is 10.2. The van der Waals surface area contributed by atoms with Crippen LogP contribution in [0.15, 0.2) is 23.3 Å². The first-order valence-corrected chi connectivity index (χ1v) is 3.95. The largest absolute Gasteiger partial charge is 0.394 e. The van der Waals surface area contributed by atoms with E-state index in [2.05, 4.69) is 5.32 Å². The van der Waals surface area contributed by atoms with Gasteiger partial charge in [0.25, 0.3) is 0 Å². The highest BCUT2D eigenvalue weighted by atomic mass is 32.2. The summed E-state index contributed by atoms with van der Waals surface area (Å²) in [5.41, 5.74) is 0.759. The molecule has 0 heterocycles. The Morgan fingerprint density at radius 2 is 2.30 bits per heavy atom. The zero-order chi connectivity index (χ0) is 7.98. The van der Waals surface area contributed by atoms with E-state index < -0.39 is 11.1 Å². The van der Waals surface area contributed by atoms with E-state index in [4.69, 9.17) is 4.55 Å². The molecule has 0 aliphatic carbocycles. The van der Waals surface area contributed by atoms with Gasteiger partial charge in [0.1, 0.15) is 0 Å². The lowest BCUT2D eigenvalue weighted by atomic mass is 10.3. The minimum absolute atomic E-state index is 0.759. The molecule has 0 aromatic heterocycles. The van der Waals surface area contributed by atoms with Crippen LogP contribution in [0, 0.1) is 0 Å². The monoisotopic (exact) mass is 161 g/mol. The lowest BCUT2D eigenvalue weighted by Gasteiger charge is -1.88. The first kappa shape index (κ1) is 9.39. The van der Waals surface area contributed by atoms with Gasteiger partial charge in [-0.25, -0.2) is 4.21 Å². The molecule has 0 aromatic carbocycles. The third-order valence-corrected chi connectivity index (χ3v) is 1.37. The molecule has 0 fully saturated rings. The number of hydrogen-bond donors (Lipinski definition) is 2. The van der Waals surface area contributed by atoms with Crippen LogP contribution in [0.4, 0.5) is 0 Å². The van der Waals surface area contributed by atoms with Crippen LogP contribution < -0.4 is 5.32 Å². The molecule has 0 bridgehead atoms. The van der Waals surface area contributed by atoms with Gasteiger partial charge in [-0.05, 0) is 24.8 Å². The van der Waals surface area contributed by atoms with Crippen LogP contribution in [0.2, 0.25) is 0 Å². The Hall–Kier alpha value is -0.610. The van der Waals surface area contributed by atoms with Crippen molar-refractivity contribution in [3.8, 4) is 0 Å². The number of nitrogens with one attached hydrogen (secondary N) is 1. The molecule has 0 rings (SSSR count). The molecular formula is C6H11NO2S. The molecule has 0 saturated heterocycles. The molecular weight excluding hydrogens is 150 g/mol.